The van der Waals surface area contributed by atoms with Crippen molar-refractivity contribution >= 4 is 0 Å². The molecule has 1 aromatic carbocycles. The maximum absolute atomic E-state index is 8.04. The topological polar surface area (TPSA) is 48.8 Å². The molecule has 0 aliphatic heterocycles. The average Bonchev–Trinajstić information content (AvgIpc) is 2.20. The van der Waals surface area contributed by atoms with Crippen LogP contribution in [0.5, 0.6) is 0 Å². The molecule has 3 nitrogen and oxygen atoms in total. The molecule has 0 saturated heterocycles. The van der Waals surface area contributed by atoms with E-state index in [0.29, 0.717) is 13.0 Å². The van der Waals surface area contributed by atoms with Crippen molar-refractivity contribution < 1.29 is 0 Å². The van der Waals surface area contributed by atoms with Gasteiger partial charge in [0.05, 0.1) is 0 Å². The zero-order valence-electron chi connectivity index (χ0n) is 8.07. The third kappa shape index (κ3) is 3.22. The first kappa shape index (κ1) is 10.2. The van der Waals surface area contributed by atoms with Gasteiger partial charge in [-0.05, 0) is 24.1 Å². The fourth-order valence-electron chi connectivity index (χ4n) is 1.02. The van der Waals surface area contributed by atoms with Gasteiger partial charge in [0.1, 0.15) is 0 Å². The van der Waals surface area contributed by atoms with Gasteiger partial charge in [0, 0.05) is 23.4 Å². The summed E-state index contributed by atoms with van der Waals surface area (Å²) in [6.07, 6.45) is 0.610. The van der Waals surface area contributed by atoms with Crippen LogP contribution in [0.15, 0.2) is 29.4 Å². The lowest BCUT2D eigenvalue weighted by Gasteiger charge is -1.94. The van der Waals surface area contributed by atoms with E-state index in [-0.39, 0.29) is 0 Å². The van der Waals surface area contributed by atoms with Crippen LogP contribution in [0.4, 0.5) is 0 Å². The lowest BCUT2D eigenvalue weighted by molar-refractivity contribution is 1.01. The van der Waals surface area contributed by atoms with E-state index in [1.54, 1.807) is 0 Å². The van der Waals surface area contributed by atoms with Crippen LogP contribution in [0, 0.1) is 18.8 Å². The van der Waals surface area contributed by atoms with Crippen LogP contribution in [0.25, 0.3) is 10.4 Å². The fraction of sp³-hybridized carbons (Fsp3) is 0.273. The lowest BCUT2D eigenvalue weighted by atomic mass is 10.1. The van der Waals surface area contributed by atoms with Crippen LogP contribution >= 0.6 is 0 Å². The molecule has 14 heavy (non-hydrogen) atoms. The fourth-order valence-corrected chi connectivity index (χ4v) is 1.02. The van der Waals surface area contributed by atoms with Gasteiger partial charge in [-0.25, -0.2) is 0 Å². The van der Waals surface area contributed by atoms with Crippen LogP contribution in [-0.2, 0) is 0 Å². The molecule has 0 saturated carbocycles. The van der Waals surface area contributed by atoms with Gasteiger partial charge in [-0.1, -0.05) is 35.2 Å². The van der Waals surface area contributed by atoms with Gasteiger partial charge in [0.25, 0.3) is 0 Å². The Balaban J connectivity index is 2.59. The quantitative estimate of drug-likeness (QED) is 0.223. The van der Waals surface area contributed by atoms with E-state index >= 15 is 0 Å². The van der Waals surface area contributed by atoms with Crippen LogP contribution in [0.3, 0.4) is 0 Å². The second kappa shape index (κ2) is 5.69. The van der Waals surface area contributed by atoms with Gasteiger partial charge < -0.3 is 0 Å². The van der Waals surface area contributed by atoms with Crippen molar-refractivity contribution in [2.45, 2.75) is 13.3 Å². The van der Waals surface area contributed by atoms with E-state index in [0.717, 1.165) is 5.56 Å². The summed E-state index contributed by atoms with van der Waals surface area (Å²) >= 11 is 0. The van der Waals surface area contributed by atoms with E-state index in [1.807, 2.05) is 31.2 Å². The van der Waals surface area contributed by atoms with Crippen molar-refractivity contribution in [2.24, 2.45) is 5.11 Å². The van der Waals surface area contributed by atoms with E-state index in [1.165, 1.54) is 5.56 Å². The molecule has 0 atom stereocenters. The second-order valence-corrected chi connectivity index (χ2v) is 2.82. The molecule has 0 fully saturated rings. The van der Waals surface area contributed by atoms with Gasteiger partial charge in [0.15, 0.2) is 0 Å². The number of hydrogen-bond donors (Lipinski definition) is 0. The van der Waals surface area contributed by atoms with Crippen molar-refractivity contribution in [3.8, 4) is 11.8 Å². The van der Waals surface area contributed by atoms with Crippen molar-refractivity contribution in [1.82, 2.24) is 0 Å². The molecule has 0 radical (unpaired) electrons. The lowest BCUT2D eigenvalue weighted by Crippen LogP contribution is -1.80. The molecule has 0 aromatic heterocycles. The minimum Gasteiger partial charge on any atom is -0.0978 e. The Morgan fingerprint density at radius 2 is 2.21 bits per heavy atom. The SMILES string of the molecule is Cc1ccccc1C#CCCN=[N+]=[N-]. The monoisotopic (exact) mass is 185 g/mol. The minimum atomic E-state index is 0.440. The average molecular weight is 185 g/mol. The van der Waals surface area contributed by atoms with Crippen LogP contribution in [-0.4, -0.2) is 6.54 Å². The summed E-state index contributed by atoms with van der Waals surface area (Å²) in [5.41, 5.74) is 10.2. The normalized spacial score (nSPS) is 8.36. The predicted octanol–water partition coefficient (Wildman–Crippen LogP) is 3.05. The summed E-state index contributed by atoms with van der Waals surface area (Å²) in [4.78, 5) is 2.66. The molecule has 70 valence electrons. The molecular formula is C11H11N3. The van der Waals surface area contributed by atoms with Crippen LogP contribution < -0.4 is 0 Å². The zero-order chi connectivity index (χ0) is 10.2. The van der Waals surface area contributed by atoms with E-state index in [4.69, 9.17) is 5.53 Å². The van der Waals surface area contributed by atoms with Gasteiger partial charge in [-0.2, -0.15) is 0 Å². The largest absolute Gasteiger partial charge is 0.0978 e. The number of rotatable bonds is 2. The maximum Gasteiger partial charge on any atom is 0.0367 e. The second-order valence-electron chi connectivity index (χ2n) is 2.82. The highest BCUT2D eigenvalue weighted by molar-refractivity contribution is 5.40. The first-order valence-electron chi connectivity index (χ1n) is 4.40. The molecule has 0 amide bonds. The highest BCUT2D eigenvalue weighted by Crippen LogP contribution is 2.04. The highest BCUT2D eigenvalue weighted by atomic mass is 15.1. The van der Waals surface area contributed by atoms with E-state index in [2.05, 4.69) is 21.9 Å². The molecule has 0 N–H and O–H groups in total. The number of aryl methyl sites for hydroxylation is 1. The highest BCUT2D eigenvalue weighted by Gasteiger charge is 1.89. The minimum absolute atomic E-state index is 0.440. The smallest absolute Gasteiger partial charge is 0.0367 e. The number of nitrogens with zero attached hydrogens (tertiary/aromatic N) is 3. The van der Waals surface area contributed by atoms with Gasteiger partial charge in [-0.3, -0.25) is 0 Å². The Labute approximate surface area is 83.4 Å². The molecular weight excluding hydrogens is 174 g/mol. The van der Waals surface area contributed by atoms with Gasteiger partial charge >= 0.3 is 0 Å². The van der Waals surface area contributed by atoms with E-state index < -0.39 is 0 Å². The van der Waals surface area contributed by atoms with Crippen LogP contribution in [0.2, 0.25) is 0 Å². The third-order valence-corrected chi connectivity index (χ3v) is 1.77. The van der Waals surface area contributed by atoms with E-state index in [9.17, 15) is 0 Å². The predicted molar refractivity (Wildman–Crippen MR) is 56.7 cm³/mol. The van der Waals surface area contributed by atoms with Gasteiger partial charge in [-0.15, -0.1) is 0 Å². The van der Waals surface area contributed by atoms with Crippen molar-refractivity contribution in [3.05, 3.63) is 45.8 Å². The van der Waals surface area contributed by atoms with Crippen molar-refractivity contribution in [3.63, 3.8) is 0 Å². The molecule has 3 heteroatoms. The summed E-state index contributed by atoms with van der Waals surface area (Å²) in [6.45, 7) is 2.47. The Bertz CT molecular complexity index is 406. The zero-order valence-corrected chi connectivity index (χ0v) is 8.07. The molecule has 0 aliphatic carbocycles. The third-order valence-electron chi connectivity index (χ3n) is 1.77. The number of azide groups is 1. The molecule has 1 aromatic rings. The molecule has 1 rings (SSSR count). The molecule has 0 spiro atoms. The Morgan fingerprint density at radius 1 is 1.43 bits per heavy atom. The summed E-state index contributed by atoms with van der Waals surface area (Å²) in [5.74, 6) is 6.00. The van der Waals surface area contributed by atoms with Gasteiger partial charge in [0.2, 0.25) is 0 Å². The Kier molecular flexibility index (Phi) is 4.13. The van der Waals surface area contributed by atoms with Crippen LogP contribution in [0.1, 0.15) is 17.5 Å². The maximum atomic E-state index is 8.04. The standard InChI is InChI=1S/C11H11N3/c1-10-6-2-3-7-11(10)8-4-5-9-13-14-12/h2-3,6-7H,5,9H2,1H3. The summed E-state index contributed by atoms with van der Waals surface area (Å²) in [6, 6.07) is 7.96. The molecule has 0 heterocycles. The first-order valence-corrected chi connectivity index (χ1v) is 4.40. The number of hydrogen-bond acceptors (Lipinski definition) is 1. The van der Waals surface area contributed by atoms with Crippen molar-refractivity contribution in [1.29, 1.82) is 0 Å². The summed E-state index contributed by atoms with van der Waals surface area (Å²) in [5, 5.41) is 3.40. The van der Waals surface area contributed by atoms with Crippen molar-refractivity contribution in [2.75, 3.05) is 6.54 Å². The number of benzene rings is 1. The Hall–Kier alpha value is -1.91. The molecule has 0 unspecified atom stereocenters. The molecule has 0 aliphatic rings. The summed E-state index contributed by atoms with van der Waals surface area (Å²) in [7, 11) is 0. The summed E-state index contributed by atoms with van der Waals surface area (Å²) < 4.78 is 0. The first-order chi connectivity index (χ1) is 6.84. The Morgan fingerprint density at radius 3 is 2.93 bits per heavy atom. The molecule has 0 bridgehead atoms.